The Morgan fingerprint density at radius 1 is 0.473 bits per heavy atom. The Kier molecular flexibility index (Phi) is 8.87. The maximum atomic E-state index is 7.10. The van der Waals surface area contributed by atoms with E-state index in [1.54, 1.807) is 0 Å². The smallest absolute Gasteiger partial charge is 0.138 e. The highest BCUT2D eigenvalue weighted by Crippen LogP contribution is 2.45. The molecule has 3 N–H and O–H groups in total. The van der Waals surface area contributed by atoms with Crippen molar-refractivity contribution in [2.45, 2.75) is 6.92 Å². The minimum absolute atomic E-state index is 0.653. The normalized spacial score (nSPS) is 11.1. The summed E-state index contributed by atoms with van der Waals surface area (Å²) in [4.78, 5) is 5.33. The van der Waals surface area contributed by atoms with Crippen molar-refractivity contribution in [3.05, 3.63) is 206 Å². The highest BCUT2D eigenvalue weighted by atomic mass is 15.1. The van der Waals surface area contributed by atoms with E-state index in [4.69, 9.17) is 10.7 Å². The largest absolute Gasteiger partial charge is 0.383 e. The zero-order valence-corrected chi connectivity index (χ0v) is 30.5. The monoisotopic (exact) mass is 709 g/mol. The Hall–Kier alpha value is -7.37. The summed E-state index contributed by atoms with van der Waals surface area (Å²) in [6.07, 6.45) is 0. The van der Waals surface area contributed by atoms with Crippen molar-refractivity contribution in [3.63, 3.8) is 0 Å². The number of benzene rings is 7. The first kappa shape index (κ1) is 33.5. The molecule has 0 aliphatic carbocycles. The Labute approximate surface area is 320 Å². The molecule has 5 nitrogen and oxygen atoms in total. The van der Waals surface area contributed by atoms with E-state index < -0.39 is 0 Å². The third kappa shape index (κ3) is 6.38. The molecule has 0 unspecified atom stereocenters. The lowest BCUT2D eigenvalue weighted by molar-refractivity contribution is 1.08. The van der Waals surface area contributed by atoms with Crippen LogP contribution in [0.5, 0.6) is 0 Å². The van der Waals surface area contributed by atoms with Crippen LogP contribution in [0.3, 0.4) is 0 Å². The average molecular weight is 710 g/mol. The fraction of sp³-hybridized carbons (Fsp3) is 0.0200. The molecular formula is C50H39N5. The van der Waals surface area contributed by atoms with E-state index in [0.717, 1.165) is 78.0 Å². The summed E-state index contributed by atoms with van der Waals surface area (Å²) in [6.45, 7) is 2.08. The van der Waals surface area contributed by atoms with Gasteiger partial charge in [0.25, 0.3) is 0 Å². The molecule has 0 amide bonds. The molecule has 0 fully saturated rings. The topological polar surface area (TPSA) is 60.8 Å². The van der Waals surface area contributed by atoms with Crippen molar-refractivity contribution < 1.29 is 0 Å². The maximum absolute atomic E-state index is 7.10. The minimum atomic E-state index is 0.653. The lowest BCUT2D eigenvalue weighted by Gasteiger charge is -2.13. The van der Waals surface area contributed by atoms with Crippen molar-refractivity contribution in [2.75, 3.05) is 11.1 Å². The highest BCUT2D eigenvalue weighted by molar-refractivity contribution is 6.26. The predicted molar refractivity (Wildman–Crippen MR) is 232 cm³/mol. The van der Waals surface area contributed by atoms with Gasteiger partial charge in [-0.2, -0.15) is 0 Å². The summed E-state index contributed by atoms with van der Waals surface area (Å²) in [7, 11) is 0. The second kappa shape index (κ2) is 14.6. The van der Waals surface area contributed by atoms with Gasteiger partial charge in [0.1, 0.15) is 11.6 Å². The number of aryl methyl sites for hydroxylation is 1. The summed E-state index contributed by atoms with van der Waals surface area (Å²) in [5.41, 5.74) is 18.7. The van der Waals surface area contributed by atoms with E-state index in [2.05, 4.69) is 161 Å². The van der Waals surface area contributed by atoms with Crippen LogP contribution in [0, 0.1) is 6.92 Å². The second-order valence-corrected chi connectivity index (χ2v) is 13.6. The van der Waals surface area contributed by atoms with E-state index in [9.17, 15) is 0 Å². The molecule has 55 heavy (non-hydrogen) atoms. The number of nitrogen functional groups attached to an aromatic ring is 1. The fourth-order valence-electron chi connectivity index (χ4n) is 7.47. The van der Waals surface area contributed by atoms with Gasteiger partial charge in [-0.3, -0.25) is 9.13 Å². The van der Waals surface area contributed by atoms with Crippen LogP contribution in [0.15, 0.2) is 200 Å². The Balaban J connectivity index is 0.000000513. The van der Waals surface area contributed by atoms with Gasteiger partial charge in [0.15, 0.2) is 0 Å². The molecule has 0 atom stereocenters. The van der Waals surface area contributed by atoms with Gasteiger partial charge in [-0.15, -0.1) is 0 Å². The van der Waals surface area contributed by atoms with Gasteiger partial charge in [-0.25, -0.2) is 4.98 Å². The van der Waals surface area contributed by atoms with Gasteiger partial charge in [0.2, 0.25) is 0 Å². The first-order valence-corrected chi connectivity index (χ1v) is 18.5. The van der Waals surface area contributed by atoms with Crippen molar-refractivity contribution >= 4 is 49.9 Å². The number of para-hydroxylation sites is 3. The maximum Gasteiger partial charge on any atom is 0.138 e. The number of nitrogens with two attached hydrogens (primary N) is 1. The SMILES string of the molecule is Cc1ccccc1.Nc1c(Nc2ccccc2)c2c3c4ccccc4n(-c4cc(-c5ccccc5)cc(-c5ccccc5)n4)c3ccc2n1-c1ccccc1. The van der Waals surface area contributed by atoms with Gasteiger partial charge < -0.3 is 11.1 Å². The number of nitrogens with zero attached hydrogens (tertiary/aromatic N) is 3. The molecule has 7 aromatic carbocycles. The second-order valence-electron chi connectivity index (χ2n) is 13.6. The third-order valence-corrected chi connectivity index (χ3v) is 10.0. The van der Waals surface area contributed by atoms with Crippen molar-refractivity contribution in [1.29, 1.82) is 0 Å². The molecule has 0 saturated heterocycles. The molecule has 5 heteroatoms. The average Bonchev–Trinajstić information content (AvgIpc) is 3.73. The van der Waals surface area contributed by atoms with Crippen LogP contribution in [0.1, 0.15) is 5.56 Å². The lowest BCUT2D eigenvalue weighted by Crippen LogP contribution is -2.01. The van der Waals surface area contributed by atoms with Crippen LogP contribution in [0.2, 0.25) is 0 Å². The Bertz CT molecular complexity index is 2820. The summed E-state index contributed by atoms with van der Waals surface area (Å²) < 4.78 is 4.44. The van der Waals surface area contributed by atoms with Gasteiger partial charge in [0.05, 0.1) is 27.9 Å². The predicted octanol–water partition coefficient (Wildman–Crippen LogP) is 12.8. The van der Waals surface area contributed by atoms with Crippen LogP contribution < -0.4 is 11.1 Å². The van der Waals surface area contributed by atoms with Crippen LogP contribution in [0.4, 0.5) is 17.2 Å². The highest BCUT2D eigenvalue weighted by Gasteiger charge is 2.24. The number of fused-ring (bicyclic) bond motifs is 5. The molecule has 0 aliphatic rings. The van der Waals surface area contributed by atoms with Gasteiger partial charge in [-0.05, 0) is 72.6 Å². The molecular weight excluding hydrogens is 671 g/mol. The molecule has 3 aromatic heterocycles. The number of hydrogen-bond donors (Lipinski definition) is 2. The number of hydrogen-bond acceptors (Lipinski definition) is 3. The van der Waals surface area contributed by atoms with Crippen LogP contribution in [0.25, 0.3) is 66.6 Å². The van der Waals surface area contributed by atoms with Gasteiger partial charge >= 0.3 is 0 Å². The fourth-order valence-corrected chi connectivity index (χ4v) is 7.47. The molecule has 0 bridgehead atoms. The standard InChI is InChI=1S/C43H31N5.C7H8/c44-43-42(45-32-19-9-3-10-20-32)41-38(47(43)33-21-11-4-12-22-33)26-25-37-40(41)34-23-13-14-24-36(34)48(37)39-28-31(29-15-5-1-6-16-29)27-35(46-39)30-17-7-2-8-18-30;1-7-5-3-2-4-6-7/h1-28,45H,44H2;2-6H,1H3. The summed E-state index contributed by atoms with van der Waals surface area (Å²) >= 11 is 0. The summed E-state index contributed by atoms with van der Waals surface area (Å²) in [5, 5.41) is 7.02. The molecule has 264 valence electrons. The molecule has 0 aliphatic heterocycles. The number of anilines is 3. The van der Waals surface area contributed by atoms with E-state index in [1.165, 1.54) is 5.56 Å². The zero-order valence-electron chi connectivity index (χ0n) is 30.5. The number of rotatable bonds is 6. The quantitative estimate of drug-likeness (QED) is 0.181. The molecule has 0 spiro atoms. The Morgan fingerprint density at radius 3 is 1.65 bits per heavy atom. The molecule has 10 rings (SSSR count). The lowest BCUT2D eigenvalue weighted by atomic mass is 10.0. The molecule has 0 radical (unpaired) electrons. The van der Waals surface area contributed by atoms with E-state index in [1.807, 2.05) is 60.7 Å². The van der Waals surface area contributed by atoms with Gasteiger partial charge in [-0.1, -0.05) is 151 Å². The third-order valence-electron chi connectivity index (χ3n) is 10.0. The van der Waals surface area contributed by atoms with Gasteiger partial charge in [0, 0.05) is 33.1 Å². The van der Waals surface area contributed by atoms with E-state index in [-0.39, 0.29) is 0 Å². The zero-order chi connectivity index (χ0) is 37.1. The minimum Gasteiger partial charge on any atom is -0.383 e. The molecule has 10 aromatic rings. The van der Waals surface area contributed by atoms with Crippen LogP contribution in [-0.4, -0.2) is 14.1 Å². The first-order chi connectivity index (χ1) is 27.1. The number of nitrogens with one attached hydrogen (secondary N) is 1. The van der Waals surface area contributed by atoms with Crippen LogP contribution >= 0.6 is 0 Å². The summed E-state index contributed by atoms with van der Waals surface area (Å²) in [6, 6.07) is 69.1. The molecule has 0 saturated carbocycles. The number of aromatic nitrogens is 3. The Morgan fingerprint density at radius 2 is 1.02 bits per heavy atom. The van der Waals surface area contributed by atoms with E-state index >= 15 is 0 Å². The first-order valence-electron chi connectivity index (χ1n) is 18.5. The van der Waals surface area contributed by atoms with Crippen molar-refractivity contribution in [3.8, 4) is 33.9 Å². The summed E-state index contributed by atoms with van der Waals surface area (Å²) in [5.74, 6) is 1.51. The van der Waals surface area contributed by atoms with E-state index in [0.29, 0.717) is 5.82 Å². The van der Waals surface area contributed by atoms with Crippen molar-refractivity contribution in [1.82, 2.24) is 14.1 Å². The number of pyridine rings is 1. The van der Waals surface area contributed by atoms with Crippen molar-refractivity contribution in [2.24, 2.45) is 0 Å². The molecule has 3 heterocycles. The van der Waals surface area contributed by atoms with Crippen LogP contribution in [-0.2, 0) is 0 Å².